The summed E-state index contributed by atoms with van der Waals surface area (Å²) in [6.45, 7) is 3.44. The smallest absolute Gasteiger partial charge is 0.279 e. The highest BCUT2D eigenvalue weighted by molar-refractivity contribution is 7.87. The van der Waals surface area contributed by atoms with Crippen molar-refractivity contribution in [1.29, 1.82) is 0 Å². The number of nitrogens with one attached hydrogen (secondary N) is 1. The Morgan fingerprint density at radius 3 is 2.55 bits per heavy atom. The number of imidazole rings is 1. The Morgan fingerprint density at radius 1 is 1.36 bits per heavy atom. The van der Waals surface area contributed by atoms with E-state index >= 15 is 0 Å². The van der Waals surface area contributed by atoms with Crippen LogP contribution >= 0.6 is 0 Å². The van der Waals surface area contributed by atoms with Gasteiger partial charge in [-0.25, -0.2) is 9.37 Å². The summed E-state index contributed by atoms with van der Waals surface area (Å²) in [6, 6.07) is 4.10. The molecule has 22 heavy (non-hydrogen) atoms. The van der Waals surface area contributed by atoms with E-state index in [1.54, 1.807) is 42.9 Å². The molecule has 8 heteroatoms. The lowest BCUT2D eigenvalue weighted by Crippen LogP contribution is -2.37. The topological polar surface area (TPSA) is 67.2 Å². The molecule has 0 fully saturated rings. The van der Waals surface area contributed by atoms with Crippen molar-refractivity contribution in [1.82, 2.24) is 18.6 Å². The monoisotopic (exact) mass is 326 g/mol. The van der Waals surface area contributed by atoms with Gasteiger partial charge in [0.15, 0.2) is 0 Å². The fourth-order valence-electron chi connectivity index (χ4n) is 2.02. The third-order valence-corrected chi connectivity index (χ3v) is 4.98. The summed E-state index contributed by atoms with van der Waals surface area (Å²) in [5.74, 6) is 0.238. The van der Waals surface area contributed by atoms with Crippen molar-refractivity contribution in [3.05, 3.63) is 47.8 Å². The van der Waals surface area contributed by atoms with E-state index in [9.17, 15) is 12.8 Å². The zero-order chi connectivity index (χ0) is 16.5. The Bertz CT molecular complexity index is 771. The molecule has 0 aliphatic heterocycles. The van der Waals surface area contributed by atoms with Gasteiger partial charge >= 0.3 is 0 Å². The van der Waals surface area contributed by atoms with Crippen molar-refractivity contribution in [2.24, 2.45) is 0 Å². The van der Waals surface area contributed by atoms with Crippen LogP contribution in [0.3, 0.4) is 0 Å². The van der Waals surface area contributed by atoms with E-state index in [4.69, 9.17) is 0 Å². The van der Waals surface area contributed by atoms with Crippen LogP contribution in [0, 0.1) is 12.7 Å². The van der Waals surface area contributed by atoms with Crippen molar-refractivity contribution in [3.8, 4) is 5.69 Å². The van der Waals surface area contributed by atoms with Gasteiger partial charge in [-0.15, -0.1) is 0 Å². The fourth-order valence-corrected chi connectivity index (χ4v) is 2.81. The summed E-state index contributed by atoms with van der Waals surface area (Å²) in [5, 5.41) is 0. The summed E-state index contributed by atoms with van der Waals surface area (Å²) in [7, 11) is -0.711. The minimum atomic E-state index is -3.57. The number of rotatable bonds is 5. The molecular formula is C14H19FN4O2S. The average Bonchev–Trinajstić information content (AvgIpc) is 2.84. The molecule has 0 amide bonds. The summed E-state index contributed by atoms with van der Waals surface area (Å²) in [4.78, 5) is 4.06. The molecule has 1 aromatic carbocycles. The second-order valence-corrected chi connectivity index (χ2v) is 7.10. The predicted octanol–water partition coefficient (Wildman–Crippen LogP) is 1.78. The third kappa shape index (κ3) is 3.34. The van der Waals surface area contributed by atoms with Gasteiger partial charge in [0, 0.05) is 32.5 Å². The molecular weight excluding hydrogens is 307 g/mol. The highest BCUT2D eigenvalue weighted by Crippen LogP contribution is 2.21. The molecule has 0 aliphatic rings. The molecule has 0 spiro atoms. The van der Waals surface area contributed by atoms with E-state index in [-0.39, 0.29) is 0 Å². The number of aromatic nitrogens is 2. The van der Waals surface area contributed by atoms with Gasteiger partial charge in [0.1, 0.15) is 11.6 Å². The minimum absolute atomic E-state index is 0.376. The lowest BCUT2D eigenvalue weighted by molar-refractivity contribution is 0.494. The number of halogens is 1. The summed E-state index contributed by atoms with van der Waals surface area (Å²) in [5.41, 5.74) is 0.922. The Morgan fingerprint density at radius 2 is 2.05 bits per heavy atom. The van der Waals surface area contributed by atoms with Crippen LogP contribution in [0.1, 0.15) is 24.4 Å². The molecule has 0 radical (unpaired) electrons. The first-order valence-electron chi connectivity index (χ1n) is 6.72. The number of benzene rings is 1. The van der Waals surface area contributed by atoms with E-state index < -0.39 is 22.1 Å². The molecule has 0 saturated heterocycles. The quantitative estimate of drug-likeness (QED) is 0.911. The molecule has 2 rings (SSSR count). The highest BCUT2D eigenvalue weighted by Gasteiger charge is 2.19. The van der Waals surface area contributed by atoms with Crippen LogP contribution in [0.5, 0.6) is 0 Å². The van der Waals surface area contributed by atoms with E-state index in [2.05, 4.69) is 9.71 Å². The molecule has 1 atom stereocenters. The van der Waals surface area contributed by atoms with Gasteiger partial charge in [0.05, 0.1) is 5.69 Å². The first kappa shape index (κ1) is 16.6. The molecule has 2 aromatic rings. The lowest BCUT2D eigenvalue weighted by atomic mass is 10.1. The van der Waals surface area contributed by atoms with E-state index in [1.165, 1.54) is 20.2 Å². The second kappa shape index (κ2) is 6.15. The van der Waals surface area contributed by atoms with Gasteiger partial charge in [-0.05, 0) is 31.5 Å². The molecule has 1 heterocycles. The van der Waals surface area contributed by atoms with Gasteiger partial charge < -0.3 is 4.57 Å². The molecule has 6 nitrogen and oxygen atoms in total. The Kier molecular flexibility index (Phi) is 4.64. The molecule has 120 valence electrons. The molecule has 0 aliphatic carbocycles. The highest BCUT2D eigenvalue weighted by atomic mass is 32.2. The zero-order valence-corrected chi connectivity index (χ0v) is 13.7. The first-order valence-corrected chi connectivity index (χ1v) is 8.16. The van der Waals surface area contributed by atoms with Gasteiger partial charge in [0.25, 0.3) is 10.2 Å². The average molecular weight is 326 g/mol. The predicted molar refractivity (Wildman–Crippen MR) is 82.4 cm³/mol. The summed E-state index contributed by atoms with van der Waals surface area (Å²) < 4.78 is 43.1. The molecule has 1 aromatic heterocycles. The van der Waals surface area contributed by atoms with Crippen molar-refractivity contribution in [2.45, 2.75) is 19.9 Å². The van der Waals surface area contributed by atoms with Crippen molar-refractivity contribution >= 4 is 10.2 Å². The third-order valence-electron chi connectivity index (χ3n) is 3.36. The van der Waals surface area contributed by atoms with E-state index in [0.29, 0.717) is 17.1 Å². The number of hydrogen-bond donors (Lipinski definition) is 1. The van der Waals surface area contributed by atoms with E-state index in [1.807, 2.05) is 0 Å². The van der Waals surface area contributed by atoms with Crippen LogP contribution in [0.4, 0.5) is 4.39 Å². The summed E-state index contributed by atoms with van der Waals surface area (Å²) in [6.07, 6.45) is 3.27. The molecule has 1 N–H and O–H groups in total. The zero-order valence-electron chi connectivity index (χ0n) is 12.9. The van der Waals surface area contributed by atoms with Gasteiger partial charge in [-0.2, -0.15) is 17.4 Å². The van der Waals surface area contributed by atoms with Crippen LogP contribution in [0.2, 0.25) is 0 Å². The van der Waals surface area contributed by atoms with Crippen LogP contribution in [0.25, 0.3) is 5.69 Å². The first-order chi connectivity index (χ1) is 10.2. The lowest BCUT2D eigenvalue weighted by Gasteiger charge is -2.19. The van der Waals surface area contributed by atoms with Gasteiger partial charge in [0.2, 0.25) is 0 Å². The second-order valence-electron chi connectivity index (χ2n) is 5.18. The Labute approximate surface area is 129 Å². The SMILES string of the molecule is Cc1nccn1-c1ccc([C@@H](C)NS(=O)(=O)N(C)C)cc1F. The van der Waals surface area contributed by atoms with Crippen molar-refractivity contribution < 1.29 is 12.8 Å². The van der Waals surface area contributed by atoms with Gasteiger partial charge in [-0.1, -0.05) is 6.07 Å². The van der Waals surface area contributed by atoms with Crippen molar-refractivity contribution in [3.63, 3.8) is 0 Å². The summed E-state index contributed by atoms with van der Waals surface area (Å²) >= 11 is 0. The molecule has 0 bridgehead atoms. The number of hydrogen-bond acceptors (Lipinski definition) is 3. The van der Waals surface area contributed by atoms with Crippen molar-refractivity contribution in [2.75, 3.05) is 14.1 Å². The fraction of sp³-hybridized carbons (Fsp3) is 0.357. The Balaban J connectivity index is 2.28. The standard InChI is InChI=1S/C14H19FN4O2S/c1-10(17-22(20,21)18(3)4)12-5-6-14(13(15)9-12)19-8-7-16-11(19)2/h5-10,17H,1-4H3/t10-/m1/s1. The number of nitrogens with zero attached hydrogens (tertiary/aromatic N) is 3. The van der Waals surface area contributed by atoms with Crippen LogP contribution < -0.4 is 4.72 Å². The molecule has 0 saturated carbocycles. The minimum Gasteiger partial charge on any atom is -0.301 e. The molecule has 0 unspecified atom stereocenters. The maximum Gasteiger partial charge on any atom is 0.279 e. The maximum atomic E-state index is 14.3. The van der Waals surface area contributed by atoms with Crippen LogP contribution in [-0.4, -0.2) is 36.4 Å². The maximum absolute atomic E-state index is 14.3. The van der Waals surface area contributed by atoms with Crippen LogP contribution in [0.15, 0.2) is 30.6 Å². The number of aryl methyl sites for hydroxylation is 1. The Hall–Kier alpha value is -1.77. The van der Waals surface area contributed by atoms with Gasteiger partial charge in [-0.3, -0.25) is 0 Å². The van der Waals surface area contributed by atoms with E-state index in [0.717, 1.165) is 4.31 Å². The normalized spacial score (nSPS) is 13.5. The largest absolute Gasteiger partial charge is 0.301 e. The van der Waals surface area contributed by atoms with Crippen LogP contribution in [-0.2, 0) is 10.2 Å².